The van der Waals surface area contributed by atoms with Crippen molar-refractivity contribution in [2.75, 3.05) is 30.7 Å². The molecule has 0 atom stereocenters. The van der Waals surface area contributed by atoms with Gasteiger partial charge in [0.15, 0.2) is 5.82 Å². The fourth-order valence-corrected chi connectivity index (χ4v) is 4.78. The summed E-state index contributed by atoms with van der Waals surface area (Å²) in [6.07, 6.45) is 1.54. The normalized spacial score (nSPS) is 11.6. The summed E-state index contributed by atoms with van der Waals surface area (Å²) in [5, 5.41) is 2.99. The van der Waals surface area contributed by atoms with Crippen LogP contribution in [0.25, 0.3) is 22.4 Å². The SMILES string of the molecule is CNC(=O)c1c(-c2ccc(F)cc2)oc2nc(N(CCCN)S(C)(=O)=O)c(I)cc12. The highest BCUT2D eigenvalue weighted by Gasteiger charge is 2.27. The number of carbonyl (C=O) groups excluding carboxylic acids is 1. The van der Waals surface area contributed by atoms with Gasteiger partial charge in [-0.15, -0.1) is 0 Å². The zero-order valence-corrected chi connectivity index (χ0v) is 19.3. The van der Waals surface area contributed by atoms with Gasteiger partial charge >= 0.3 is 0 Å². The molecule has 160 valence electrons. The Hall–Kier alpha value is -2.25. The molecule has 3 N–H and O–H groups in total. The van der Waals surface area contributed by atoms with Gasteiger partial charge in [-0.25, -0.2) is 12.8 Å². The number of halogens is 2. The van der Waals surface area contributed by atoms with Crippen LogP contribution in [0.15, 0.2) is 34.7 Å². The second kappa shape index (κ2) is 8.86. The smallest absolute Gasteiger partial charge is 0.255 e. The van der Waals surface area contributed by atoms with E-state index in [1.165, 1.54) is 35.6 Å². The standard InChI is InChI=1S/C19H20FIN4O4S/c1-23-18(26)15-13-10-14(21)17(25(9-3-8-22)30(2,27)28)24-19(13)29-16(15)11-4-6-12(20)7-5-11/h4-7,10H,3,8-9,22H2,1-2H3,(H,23,26). The molecule has 0 aliphatic heterocycles. The van der Waals surface area contributed by atoms with Gasteiger partial charge in [0.05, 0.1) is 20.8 Å². The molecule has 0 fully saturated rings. The number of pyridine rings is 1. The second-order valence-electron chi connectivity index (χ2n) is 6.52. The number of hydrogen-bond acceptors (Lipinski definition) is 6. The van der Waals surface area contributed by atoms with Gasteiger partial charge in [0, 0.05) is 19.2 Å². The van der Waals surface area contributed by atoms with E-state index in [0.29, 0.717) is 27.5 Å². The van der Waals surface area contributed by atoms with Crippen molar-refractivity contribution in [3.05, 3.63) is 45.3 Å². The number of amides is 1. The molecular weight excluding hydrogens is 526 g/mol. The molecule has 3 rings (SSSR count). The van der Waals surface area contributed by atoms with Gasteiger partial charge in [0.25, 0.3) is 5.91 Å². The van der Waals surface area contributed by atoms with E-state index < -0.39 is 21.7 Å². The van der Waals surface area contributed by atoms with Crippen LogP contribution in [0.5, 0.6) is 0 Å². The summed E-state index contributed by atoms with van der Waals surface area (Å²) < 4.78 is 45.5. The molecule has 0 saturated heterocycles. The van der Waals surface area contributed by atoms with E-state index in [-0.39, 0.29) is 29.4 Å². The van der Waals surface area contributed by atoms with Crippen LogP contribution in [0.2, 0.25) is 0 Å². The molecule has 8 nitrogen and oxygen atoms in total. The zero-order chi connectivity index (χ0) is 22.1. The fraction of sp³-hybridized carbons (Fsp3) is 0.263. The van der Waals surface area contributed by atoms with E-state index in [1.54, 1.807) is 6.07 Å². The van der Waals surface area contributed by atoms with Gasteiger partial charge in [-0.05, 0) is 65.9 Å². The van der Waals surface area contributed by atoms with Crippen molar-refractivity contribution < 1.29 is 22.0 Å². The van der Waals surface area contributed by atoms with Crippen LogP contribution in [0.1, 0.15) is 16.8 Å². The maximum Gasteiger partial charge on any atom is 0.255 e. The van der Waals surface area contributed by atoms with Crippen molar-refractivity contribution in [2.24, 2.45) is 5.73 Å². The molecule has 1 aromatic carbocycles. The van der Waals surface area contributed by atoms with Crippen LogP contribution in [-0.2, 0) is 10.0 Å². The first-order valence-electron chi connectivity index (χ1n) is 8.96. The van der Waals surface area contributed by atoms with Crippen molar-refractivity contribution in [2.45, 2.75) is 6.42 Å². The van der Waals surface area contributed by atoms with E-state index in [4.69, 9.17) is 10.2 Å². The zero-order valence-electron chi connectivity index (χ0n) is 16.3. The van der Waals surface area contributed by atoms with Crippen LogP contribution in [0, 0.1) is 9.39 Å². The molecule has 0 aliphatic carbocycles. The summed E-state index contributed by atoms with van der Waals surface area (Å²) in [4.78, 5) is 17.0. The third-order valence-electron chi connectivity index (χ3n) is 4.38. The average Bonchev–Trinajstić information content (AvgIpc) is 3.05. The Balaban J connectivity index is 2.26. The van der Waals surface area contributed by atoms with Gasteiger partial charge in [-0.3, -0.25) is 9.10 Å². The predicted octanol–water partition coefficient (Wildman–Crippen LogP) is 2.71. The first-order chi connectivity index (χ1) is 14.2. The maximum atomic E-state index is 13.3. The minimum absolute atomic E-state index is 0.102. The summed E-state index contributed by atoms with van der Waals surface area (Å²) in [6, 6.07) is 7.17. The Morgan fingerprint density at radius 1 is 1.33 bits per heavy atom. The Bertz CT molecular complexity index is 1200. The molecule has 30 heavy (non-hydrogen) atoms. The van der Waals surface area contributed by atoms with E-state index in [0.717, 1.165) is 6.26 Å². The Labute approximate surface area is 186 Å². The number of anilines is 1. The first kappa shape index (κ1) is 22.4. The lowest BCUT2D eigenvalue weighted by Crippen LogP contribution is -2.33. The number of hydrogen-bond donors (Lipinski definition) is 2. The molecule has 3 aromatic rings. The van der Waals surface area contributed by atoms with Crippen molar-refractivity contribution in [3.8, 4) is 11.3 Å². The third-order valence-corrected chi connectivity index (χ3v) is 6.33. The number of sulfonamides is 1. The molecule has 11 heteroatoms. The Morgan fingerprint density at radius 2 is 2.00 bits per heavy atom. The van der Waals surface area contributed by atoms with Gasteiger partial charge in [0.1, 0.15) is 11.6 Å². The summed E-state index contributed by atoms with van der Waals surface area (Å²) in [7, 11) is -2.13. The van der Waals surface area contributed by atoms with Gasteiger partial charge in [-0.1, -0.05) is 0 Å². The number of carbonyl (C=O) groups is 1. The highest BCUT2D eigenvalue weighted by Crippen LogP contribution is 2.36. The highest BCUT2D eigenvalue weighted by molar-refractivity contribution is 14.1. The van der Waals surface area contributed by atoms with E-state index in [1.807, 2.05) is 22.6 Å². The highest BCUT2D eigenvalue weighted by atomic mass is 127. The molecule has 2 aromatic heterocycles. The lowest BCUT2D eigenvalue weighted by Gasteiger charge is -2.22. The van der Waals surface area contributed by atoms with Gasteiger partial charge in [0.2, 0.25) is 15.7 Å². The number of aromatic nitrogens is 1. The Morgan fingerprint density at radius 3 is 2.57 bits per heavy atom. The number of fused-ring (bicyclic) bond motifs is 1. The number of nitrogens with zero attached hydrogens (tertiary/aromatic N) is 2. The van der Waals surface area contributed by atoms with Crippen molar-refractivity contribution in [3.63, 3.8) is 0 Å². The largest absolute Gasteiger partial charge is 0.437 e. The molecule has 1 amide bonds. The monoisotopic (exact) mass is 546 g/mol. The van der Waals surface area contributed by atoms with Gasteiger partial charge in [-0.2, -0.15) is 4.98 Å². The van der Waals surface area contributed by atoms with Crippen LogP contribution in [0.3, 0.4) is 0 Å². The minimum atomic E-state index is -3.61. The number of furan rings is 1. The van der Waals surface area contributed by atoms with Gasteiger partial charge < -0.3 is 15.5 Å². The van der Waals surface area contributed by atoms with E-state index in [2.05, 4.69) is 10.3 Å². The van der Waals surface area contributed by atoms with Crippen molar-refractivity contribution in [1.82, 2.24) is 10.3 Å². The van der Waals surface area contributed by atoms with E-state index in [9.17, 15) is 17.6 Å². The molecule has 0 unspecified atom stereocenters. The summed E-state index contributed by atoms with van der Waals surface area (Å²) in [5.74, 6) is -0.406. The van der Waals surface area contributed by atoms with Crippen LogP contribution in [-0.4, -0.2) is 45.7 Å². The molecule has 0 saturated carbocycles. The van der Waals surface area contributed by atoms with Crippen LogP contribution in [0.4, 0.5) is 10.2 Å². The first-order valence-corrected chi connectivity index (χ1v) is 11.9. The van der Waals surface area contributed by atoms with Crippen molar-refractivity contribution >= 4 is 55.4 Å². The van der Waals surface area contributed by atoms with Crippen LogP contribution < -0.4 is 15.4 Å². The molecule has 2 heterocycles. The minimum Gasteiger partial charge on any atom is -0.437 e. The average molecular weight is 546 g/mol. The molecule has 0 radical (unpaired) electrons. The van der Waals surface area contributed by atoms with Crippen molar-refractivity contribution in [1.29, 1.82) is 0 Å². The lowest BCUT2D eigenvalue weighted by atomic mass is 10.1. The Kier molecular flexibility index (Phi) is 6.62. The topological polar surface area (TPSA) is 119 Å². The summed E-state index contributed by atoms with van der Waals surface area (Å²) in [6.45, 7) is 0.485. The molecule has 0 aliphatic rings. The molecule has 0 bridgehead atoms. The summed E-state index contributed by atoms with van der Waals surface area (Å²) in [5.41, 5.74) is 6.37. The lowest BCUT2D eigenvalue weighted by molar-refractivity contribution is 0.0964. The fourth-order valence-electron chi connectivity index (χ4n) is 2.98. The van der Waals surface area contributed by atoms with Crippen LogP contribution >= 0.6 is 22.6 Å². The number of nitrogens with two attached hydrogens (primary N) is 1. The number of nitrogens with one attached hydrogen (secondary N) is 1. The predicted molar refractivity (Wildman–Crippen MR) is 121 cm³/mol. The second-order valence-corrected chi connectivity index (χ2v) is 9.59. The maximum absolute atomic E-state index is 13.3. The van der Waals surface area contributed by atoms with E-state index >= 15 is 0 Å². The quantitative estimate of drug-likeness (QED) is 0.440. The molecule has 0 spiro atoms. The molecular formula is C19H20FIN4O4S. The summed E-state index contributed by atoms with van der Waals surface area (Å²) >= 11 is 1.97. The third kappa shape index (κ3) is 4.42. The number of rotatable bonds is 7. The number of benzene rings is 1.